The third kappa shape index (κ3) is 4.30. The second kappa shape index (κ2) is 7.04. The Hall–Kier alpha value is -2.40. The molecule has 0 aliphatic carbocycles. The Balaban J connectivity index is 1.93. The summed E-state index contributed by atoms with van der Waals surface area (Å²) in [4.78, 5) is 27.4. The van der Waals surface area contributed by atoms with Crippen LogP contribution in [0.2, 0.25) is 5.15 Å². The van der Waals surface area contributed by atoms with Crippen LogP contribution in [0.15, 0.2) is 36.5 Å². The van der Waals surface area contributed by atoms with Crippen molar-refractivity contribution >= 4 is 29.2 Å². The van der Waals surface area contributed by atoms with Gasteiger partial charge in [0.2, 0.25) is 0 Å². The van der Waals surface area contributed by atoms with Crippen molar-refractivity contribution in [2.24, 2.45) is 0 Å². The molecule has 2 rings (SSSR count). The van der Waals surface area contributed by atoms with Crippen LogP contribution in [0.1, 0.15) is 21.5 Å². The van der Waals surface area contributed by atoms with Gasteiger partial charge in [-0.15, -0.1) is 0 Å². The van der Waals surface area contributed by atoms with E-state index in [1.165, 1.54) is 12.3 Å². The minimum atomic E-state index is -0.686. The van der Waals surface area contributed by atoms with Crippen LogP contribution >= 0.6 is 11.6 Å². The predicted octanol–water partition coefficient (Wildman–Crippen LogP) is 3.15. The fourth-order valence-electron chi connectivity index (χ4n) is 1.99. The van der Waals surface area contributed by atoms with E-state index in [1.54, 1.807) is 6.07 Å². The Morgan fingerprint density at radius 1 is 1.23 bits per heavy atom. The van der Waals surface area contributed by atoms with Gasteiger partial charge in [0.1, 0.15) is 5.15 Å². The van der Waals surface area contributed by atoms with Crippen LogP contribution in [0.25, 0.3) is 0 Å². The number of hydrogen-bond acceptors (Lipinski definition) is 4. The maximum absolute atomic E-state index is 11.8. The van der Waals surface area contributed by atoms with Crippen molar-refractivity contribution < 1.29 is 14.3 Å². The first kappa shape index (κ1) is 16.0. The van der Waals surface area contributed by atoms with Gasteiger partial charge in [-0.3, -0.25) is 4.79 Å². The average Bonchev–Trinajstić information content (AvgIpc) is 2.44. The van der Waals surface area contributed by atoms with E-state index in [0.717, 1.165) is 11.1 Å². The molecule has 5 nitrogen and oxygen atoms in total. The van der Waals surface area contributed by atoms with Gasteiger partial charge in [0, 0.05) is 11.9 Å². The quantitative estimate of drug-likeness (QED) is 0.694. The van der Waals surface area contributed by atoms with E-state index >= 15 is 0 Å². The smallest absolute Gasteiger partial charge is 0.341 e. The molecule has 0 radical (unpaired) electrons. The molecule has 0 bridgehead atoms. The summed E-state index contributed by atoms with van der Waals surface area (Å²) in [6.07, 6.45) is 1.46. The molecule has 1 aromatic heterocycles. The summed E-state index contributed by atoms with van der Waals surface area (Å²) in [5.41, 5.74) is 2.87. The summed E-state index contributed by atoms with van der Waals surface area (Å²) >= 11 is 5.79. The average molecular weight is 319 g/mol. The van der Waals surface area contributed by atoms with Crippen molar-refractivity contribution in [2.75, 3.05) is 11.9 Å². The SMILES string of the molecule is Cc1cc(C)cc(NC(=O)COC(=O)c2cccnc2Cl)c1. The lowest BCUT2D eigenvalue weighted by Crippen LogP contribution is -2.21. The molecule has 0 fully saturated rings. The molecular weight excluding hydrogens is 304 g/mol. The molecule has 0 atom stereocenters. The normalized spacial score (nSPS) is 10.1. The fourth-order valence-corrected chi connectivity index (χ4v) is 2.19. The monoisotopic (exact) mass is 318 g/mol. The van der Waals surface area contributed by atoms with Crippen LogP contribution in [0.3, 0.4) is 0 Å². The van der Waals surface area contributed by atoms with Crippen LogP contribution in [0.5, 0.6) is 0 Å². The zero-order valence-corrected chi connectivity index (χ0v) is 13.0. The molecule has 0 saturated carbocycles. The maximum Gasteiger partial charge on any atom is 0.341 e. The number of nitrogens with zero attached hydrogens (tertiary/aromatic N) is 1. The number of hydrogen-bond donors (Lipinski definition) is 1. The second-order valence-electron chi connectivity index (χ2n) is 4.84. The first-order chi connectivity index (χ1) is 10.5. The van der Waals surface area contributed by atoms with Crippen molar-refractivity contribution in [2.45, 2.75) is 13.8 Å². The molecule has 22 heavy (non-hydrogen) atoms. The number of amides is 1. The molecule has 1 amide bonds. The number of carbonyl (C=O) groups is 2. The largest absolute Gasteiger partial charge is 0.452 e. The van der Waals surface area contributed by atoms with Gasteiger partial charge in [-0.1, -0.05) is 17.7 Å². The molecule has 0 saturated heterocycles. The van der Waals surface area contributed by atoms with Gasteiger partial charge in [-0.2, -0.15) is 0 Å². The molecule has 0 aliphatic heterocycles. The lowest BCUT2D eigenvalue weighted by Gasteiger charge is -2.08. The second-order valence-corrected chi connectivity index (χ2v) is 5.20. The zero-order chi connectivity index (χ0) is 16.1. The maximum atomic E-state index is 11.8. The van der Waals surface area contributed by atoms with Crippen molar-refractivity contribution in [3.63, 3.8) is 0 Å². The third-order valence-electron chi connectivity index (χ3n) is 2.82. The van der Waals surface area contributed by atoms with Gasteiger partial charge in [0.15, 0.2) is 6.61 Å². The van der Waals surface area contributed by atoms with Crippen LogP contribution in [-0.4, -0.2) is 23.5 Å². The molecule has 0 spiro atoms. The summed E-state index contributed by atoms with van der Waals surface area (Å²) < 4.78 is 4.93. The highest BCUT2D eigenvalue weighted by Crippen LogP contribution is 2.14. The standard InChI is InChI=1S/C16H15ClN2O3/c1-10-6-11(2)8-12(7-10)19-14(20)9-22-16(21)13-4-3-5-18-15(13)17/h3-8H,9H2,1-2H3,(H,19,20). The van der Waals surface area contributed by atoms with Gasteiger partial charge in [0.25, 0.3) is 5.91 Å². The van der Waals surface area contributed by atoms with E-state index in [0.29, 0.717) is 5.69 Å². The molecule has 1 N–H and O–H groups in total. The lowest BCUT2D eigenvalue weighted by molar-refractivity contribution is -0.119. The van der Waals surface area contributed by atoms with Crippen LogP contribution in [0, 0.1) is 13.8 Å². The van der Waals surface area contributed by atoms with Gasteiger partial charge in [-0.25, -0.2) is 9.78 Å². The van der Waals surface area contributed by atoms with E-state index in [-0.39, 0.29) is 10.7 Å². The van der Waals surface area contributed by atoms with Crippen LogP contribution in [-0.2, 0) is 9.53 Å². The highest BCUT2D eigenvalue weighted by molar-refractivity contribution is 6.32. The Morgan fingerprint density at radius 3 is 2.55 bits per heavy atom. The minimum Gasteiger partial charge on any atom is -0.452 e. The number of nitrogens with one attached hydrogen (secondary N) is 1. The van der Waals surface area contributed by atoms with Crippen molar-refractivity contribution in [3.05, 3.63) is 58.4 Å². The molecular formula is C16H15ClN2O3. The molecule has 0 unspecified atom stereocenters. The number of carbonyl (C=O) groups excluding carboxylic acids is 2. The summed E-state index contributed by atoms with van der Waals surface area (Å²) in [6.45, 7) is 3.48. The van der Waals surface area contributed by atoms with Crippen molar-refractivity contribution in [3.8, 4) is 0 Å². The Labute approximate surface area is 133 Å². The topological polar surface area (TPSA) is 68.3 Å². The number of halogens is 1. The lowest BCUT2D eigenvalue weighted by atomic mass is 10.1. The van der Waals surface area contributed by atoms with Gasteiger partial charge >= 0.3 is 5.97 Å². The number of aromatic nitrogens is 1. The van der Waals surface area contributed by atoms with Gasteiger partial charge in [-0.05, 0) is 49.2 Å². The predicted molar refractivity (Wildman–Crippen MR) is 84.1 cm³/mol. The third-order valence-corrected chi connectivity index (χ3v) is 3.12. The number of pyridine rings is 1. The summed E-state index contributed by atoms with van der Waals surface area (Å²) in [5, 5.41) is 2.72. The highest BCUT2D eigenvalue weighted by Gasteiger charge is 2.14. The summed E-state index contributed by atoms with van der Waals surface area (Å²) in [7, 11) is 0. The Kier molecular flexibility index (Phi) is 5.12. The number of ether oxygens (including phenoxy) is 1. The molecule has 2 aromatic rings. The number of anilines is 1. The molecule has 1 heterocycles. The van der Waals surface area contributed by atoms with E-state index in [1.807, 2.05) is 32.0 Å². The number of aryl methyl sites for hydroxylation is 2. The number of rotatable bonds is 4. The number of benzene rings is 1. The van der Waals surface area contributed by atoms with E-state index in [2.05, 4.69) is 10.3 Å². The Bertz CT molecular complexity index is 696. The highest BCUT2D eigenvalue weighted by atomic mass is 35.5. The molecule has 6 heteroatoms. The first-order valence-electron chi connectivity index (χ1n) is 6.61. The van der Waals surface area contributed by atoms with Gasteiger partial charge < -0.3 is 10.1 Å². The van der Waals surface area contributed by atoms with E-state index in [9.17, 15) is 9.59 Å². The van der Waals surface area contributed by atoms with E-state index < -0.39 is 18.5 Å². The summed E-state index contributed by atoms with van der Waals surface area (Å²) in [5.74, 6) is -1.10. The van der Waals surface area contributed by atoms with E-state index in [4.69, 9.17) is 16.3 Å². The zero-order valence-electron chi connectivity index (χ0n) is 12.2. The first-order valence-corrected chi connectivity index (χ1v) is 6.99. The van der Waals surface area contributed by atoms with Crippen LogP contribution < -0.4 is 5.32 Å². The Morgan fingerprint density at radius 2 is 1.91 bits per heavy atom. The molecule has 1 aromatic carbocycles. The minimum absolute atomic E-state index is 0.0437. The number of esters is 1. The van der Waals surface area contributed by atoms with Crippen molar-refractivity contribution in [1.29, 1.82) is 0 Å². The summed E-state index contributed by atoms with van der Waals surface area (Å²) in [6, 6.07) is 8.73. The van der Waals surface area contributed by atoms with Crippen molar-refractivity contribution in [1.82, 2.24) is 4.98 Å². The molecule has 0 aliphatic rings. The fraction of sp³-hybridized carbons (Fsp3) is 0.188. The molecule has 114 valence electrons. The van der Waals surface area contributed by atoms with Crippen LogP contribution in [0.4, 0.5) is 5.69 Å². The van der Waals surface area contributed by atoms with Gasteiger partial charge in [0.05, 0.1) is 5.56 Å².